The molecule has 100 valence electrons. The first-order chi connectivity index (χ1) is 8.21. The third-order valence-electron chi connectivity index (χ3n) is 2.01. The second-order valence-corrected chi connectivity index (χ2v) is 4.55. The van der Waals surface area contributed by atoms with Gasteiger partial charge in [0.25, 0.3) is 5.91 Å². The van der Waals surface area contributed by atoms with E-state index < -0.39 is 30.5 Å². The molecule has 0 bridgehead atoms. The van der Waals surface area contributed by atoms with E-state index in [1.807, 2.05) is 5.32 Å². The number of rotatable bonds is 3. The number of hydrogen-bond acceptors (Lipinski definition) is 2. The molecular weight excluding hydrogens is 369 g/mol. The van der Waals surface area contributed by atoms with Crippen molar-refractivity contribution in [2.75, 3.05) is 6.54 Å². The summed E-state index contributed by atoms with van der Waals surface area (Å²) in [6.45, 7) is -0.949. The Labute approximate surface area is 113 Å². The highest BCUT2D eigenvalue weighted by Crippen LogP contribution is 2.19. The number of aliphatic hydroxyl groups excluding tert-OH is 1. The van der Waals surface area contributed by atoms with E-state index in [9.17, 15) is 22.4 Å². The van der Waals surface area contributed by atoms with Crippen LogP contribution < -0.4 is 5.32 Å². The van der Waals surface area contributed by atoms with Crippen molar-refractivity contribution in [1.82, 2.24) is 5.32 Å². The minimum atomic E-state index is -4.79. The lowest BCUT2D eigenvalue weighted by molar-refractivity contribution is -0.201. The molecule has 0 aliphatic rings. The smallest absolute Gasteiger partial charge is 0.382 e. The minimum Gasteiger partial charge on any atom is -0.382 e. The molecule has 8 heteroatoms. The molecule has 0 saturated heterocycles. The molecule has 0 aliphatic carbocycles. The Morgan fingerprint density at radius 1 is 1.44 bits per heavy atom. The topological polar surface area (TPSA) is 49.3 Å². The molecule has 1 atom stereocenters. The second-order valence-electron chi connectivity index (χ2n) is 3.39. The fourth-order valence-corrected chi connectivity index (χ4v) is 1.80. The van der Waals surface area contributed by atoms with Crippen LogP contribution in [0.4, 0.5) is 17.6 Å². The Hall–Kier alpha value is -0.900. The molecule has 1 rings (SSSR count). The lowest BCUT2D eigenvalue weighted by Crippen LogP contribution is -2.40. The minimum absolute atomic E-state index is 0.0476. The summed E-state index contributed by atoms with van der Waals surface area (Å²) in [6, 6.07) is 3.26. The zero-order chi connectivity index (χ0) is 13.9. The molecule has 0 aliphatic heterocycles. The van der Waals surface area contributed by atoms with Gasteiger partial charge in [-0.25, -0.2) is 4.39 Å². The number of aliphatic hydroxyl groups is 1. The molecule has 0 spiro atoms. The highest BCUT2D eigenvalue weighted by Gasteiger charge is 2.38. The summed E-state index contributed by atoms with van der Waals surface area (Å²) in [7, 11) is 0. The maximum atomic E-state index is 12.8. The summed E-state index contributed by atoms with van der Waals surface area (Å²) in [5, 5.41) is 10.6. The molecule has 3 nitrogen and oxygen atoms in total. The van der Waals surface area contributed by atoms with Gasteiger partial charge in [-0.3, -0.25) is 4.79 Å². The van der Waals surface area contributed by atoms with E-state index in [2.05, 4.69) is 0 Å². The Morgan fingerprint density at radius 2 is 2.06 bits per heavy atom. The SMILES string of the molecule is O=C(NCC(O)C(F)(F)F)c1ccc(F)cc1I. The molecule has 2 N–H and O–H groups in total. The molecule has 0 saturated carbocycles. The normalized spacial score (nSPS) is 13.2. The number of carbonyl (C=O) groups is 1. The van der Waals surface area contributed by atoms with Crippen LogP contribution in [0.25, 0.3) is 0 Å². The van der Waals surface area contributed by atoms with E-state index >= 15 is 0 Å². The van der Waals surface area contributed by atoms with Gasteiger partial charge in [-0.2, -0.15) is 13.2 Å². The first kappa shape index (κ1) is 15.2. The summed E-state index contributed by atoms with van der Waals surface area (Å²) in [6.07, 6.45) is -7.41. The number of amides is 1. The largest absolute Gasteiger partial charge is 0.416 e. The maximum absolute atomic E-state index is 12.8. The number of nitrogens with one attached hydrogen (secondary N) is 1. The fourth-order valence-electron chi connectivity index (χ4n) is 1.07. The van der Waals surface area contributed by atoms with Crippen LogP contribution in [0.5, 0.6) is 0 Å². The van der Waals surface area contributed by atoms with E-state index in [4.69, 9.17) is 5.11 Å². The van der Waals surface area contributed by atoms with Gasteiger partial charge in [0.1, 0.15) is 5.82 Å². The summed E-state index contributed by atoms with van der Waals surface area (Å²) in [4.78, 5) is 11.5. The third-order valence-corrected chi connectivity index (χ3v) is 2.90. The van der Waals surface area contributed by atoms with E-state index in [0.29, 0.717) is 0 Å². The molecular formula is C10H8F4INO2. The molecule has 0 radical (unpaired) electrons. The molecule has 1 aromatic carbocycles. The van der Waals surface area contributed by atoms with Gasteiger partial charge in [0, 0.05) is 3.57 Å². The van der Waals surface area contributed by atoms with Crippen molar-refractivity contribution in [3.8, 4) is 0 Å². The predicted octanol–water partition coefficient (Wildman–Crippen LogP) is 2.08. The van der Waals surface area contributed by atoms with Crippen molar-refractivity contribution < 1.29 is 27.5 Å². The summed E-state index contributed by atoms with van der Waals surface area (Å²) in [5.74, 6) is -1.35. The molecule has 1 unspecified atom stereocenters. The van der Waals surface area contributed by atoms with E-state index in [1.54, 1.807) is 22.6 Å². The van der Waals surface area contributed by atoms with Crippen LogP contribution in [0, 0.1) is 9.39 Å². The van der Waals surface area contributed by atoms with Gasteiger partial charge in [-0.05, 0) is 40.8 Å². The second kappa shape index (κ2) is 5.83. The quantitative estimate of drug-likeness (QED) is 0.626. The van der Waals surface area contributed by atoms with Gasteiger partial charge in [-0.1, -0.05) is 0 Å². The summed E-state index contributed by atoms with van der Waals surface area (Å²) >= 11 is 1.69. The monoisotopic (exact) mass is 377 g/mol. The molecule has 18 heavy (non-hydrogen) atoms. The average Bonchev–Trinajstić information content (AvgIpc) is 2.24. The summed E-state index contributed by atoms with van der Waals surface area (Å²) in [5.41, 5.74) is 0.0476. The predicted molar refractivity (Wildman–Crippen MR) is 63.5 cm³/mol. The van der Waals surface area contributed by atoms with Gasteiger partial charge in [0.05, 0.1) is 12.1 Å². The molecule has 1 amide bonds. The number of alkyl halides is 3. The Bertz CT molecular complexity index is 450. The molecule has 0 heterocycles. The maximum Gasteiger partial charge on any atom is 0.416 e. The fraction of sp³-hybridized carbons (Fsp3) is 0.300. The van der Waals surface area contributed by atoms with Crippen LogP contribution in [0.15, 0.2) is 18.2 Å². The molecule has 1 aromatic rings. The Morgan fingerprint density at radius 3 is 2.56 bits per heavy atom. The third kappa shape index (κ3) is 4.09. The van der Waals surface area contributed by atoms with Gasteiger partial charge < -0.3 is 10.4 Å². The lowest BCUT2D eigenvalue weighted by atomic mass is 10.2. The van der Waals surface area contributed by atoms with Gasteiger partial charge >= 0.3 is 6.18 Å². The molecule has 0 aromatic heterocycles. The van der Waals surface area contributed by atoms with Crippen molar-refractivity contribution in [2.24, 2.45) is 0 Å². The standard InChI is InChI=1S/C10H8F4INO2/c11-5-1-2-6(7(15)3-5)9(18)16-4-8(17)10(12,13)14/h1-3,8,17H,4H2,(H,16,18). The number of carbonyl (C=O) groups excluding carboxylic acids is 1. The number of benzene rings is 1. The van der Waals surface area contributed by atoms with Crippen molar-refractivity contribution in [3.05, 3.63) is 33.1 Å². The first-order valence-corrected chi connectivity index (χ1v) is 5.77. The lowest BCUT2D eigenvalue weighted by Gasteiger charge is -2.15. The Balaban J connectivity index is 2.66. The first-order valence-electron chi connectivity index (χ1n) is 4.70. The van der Waals surface area contributed by atoms with Gasteiger partial charge in [-0.15, -0.1) is 0 Å². The van der Waals surface area contributed by atoms with Crippen LogP contribution in [0.3, 0.4) is 0 Å². The van der Waals surface area contributed by atoms with Crippen LogP contribution >= 0.6 is 22.6 Å². The molecule has 0 fully saturated rings. The van der Waals surface area contributed by atoms with Crippen LogP contribution in [0.2, 0.25) is 0 Å². The van der Waals surface area contributed by atoms with Crippen molar-refractivity contribution >= 4 is 28.5 Å². The highest BCUT2D eigenvalue weighted by molar-refractivity contribution is 14.1. The van der Waals surface area contributed by atoms with E-state index in [0.717, 1.165) is 18.2 Å². The zero-order valence-electron chi connectivity index (χ0n) is 8.76. The van der Waals surface area contributed by atoms with Gasteiger partial charge in [0.15, 0.2) is 6.10 Å². The van der Waals surface area contributed by atoms with E-state index in [1.165, 1.54) is 0 Å². The van der Waals surface area contributed by atoms with Crippen LogP contribution in [-0.4, -0.2) is 29.8 Å². The van der Waals surface area contributed by atoms with Crippen LogP contribution in [0.1, 0.15) is 10.4 Å². The average molecular weight is 377 g/mol. The Kier molecular flexibility index (Phi) is 4.91. The van der Waals surface area contributed by atoms with Crippen molar-refractivity contribution in [1.29, 1.82) is 0 Å². The highest BCUT2D eigenvalue weighted by atomic mass is 127. The van der Waals surface area contributed by atoms with Gasteiger partial charge in [0.2, 0.25) is 0 Å². The van der Waals surface area contributed by atoms with Crippen molar-refractivity contribution in [2.45, 2.75) is 12.3 Å². The number of hydrogen-bond donors (Lipinski definition) is 2. The van der Waals surface area contributed by atoms with Crippen LogP contribution in [-0.2, 0) is 0 Å². The number of halogens is 5. The van der Waals surface area contributed by atoms with E-state index in [-0.39, 0.29) is 9.13 Å². The van der Waals surface area contributed by atoms with Crippen molar-refractivity contribution in [3.63, 3.8) is 0 Å². The summed E-state index contributed by atoms with van der Waals surface area (Å²) < 4.78 is 49.0. The zero-order valence-corrected chi connectivity index (χ0v) is 10.9.